The Morgan fingerprint density at radius 1 is 1.53 bits per heavy atom. The van der Waals surface area contributed by atoms with Gasteiger partial charge in [0.25, 0.3) is 5.91 Å². The second kappa shape index (κ2) is 4.58. The Labute approximate surface area is 111 Å². The molecule has 2 aliphatic heterocycles. The Hall–Kier alpha value is -1.46. The lowest BCUT2D eigenvalue weighted by molar-refractivity contribution is 0.0705. The molecule has 0 aromatic heterocycles. The number of hydrogen-bond donors (Lipinski definition) is 2. The van der Waals surface area contributed by atoms with E-state index in [0.29, 0.717) is 5.92 Å². The Balaban J connectivity index is 2.03. The third-order valence-corrected chi connectivity index (χ3v) is 4.19. The van der Waals surface area contributed by atoms with Gasteiger partial charge in [0.05, 0.1) is 0 Å². The molecule has 1 amide bonds. The molecule has 2 aliphatic rings. The van der Waals surface area contributed by atoms with Gasteiger partial charge in [0.2, 0.25) is 0 Å². The zero-order valence-corrected chi connectivity index (χ0v) is 10.8. The van der Waals surface area contributed by atoms with E-state index >= 15 is 0 Å². The Morgan fingerprint density at radius 2 is 2.32 bits per heavy atom. The Kier molecular flexibility index (Phi) is 3.03. The molecule has 1 saturated heterocycles. The first-order chi connectivity index (χ1) is 9.10. The van der Waals surface area contributed by atoms with Crippen LogP contribution in [0.3, 0.4) is 0 Å². The van der Waals surface area contributed by atoms with Crippen molar-refractivity contribution < 1.29 is 14.4 Å². The minimum Gasteiger partial charge on any atom is -0.296 e. The van der Waals surface area contributed by atoms with Crippen molar-refractivity contribution >= 4 is 5.91 Å². The van der Waals surface area contributed by atoms with Crippen LogP contribution in [0.25, 0.3) is 0 Å². The number of hydroxylamine groups is 1. The smallest absolute Gasteiger partial charge is 0.274 e. The fourth-order valence-electron chi connectivity index (χ4n) is 3.39. The number of halogens is 1. The number of rotatable bonds is 1. The van der Waals surface area contributed by atoms with Crippen LogP contribution < -0.4 is 5.48 Å². The third-order valence-electron chi connectivity index (χ3n) is 4.19. The molecule has 0 saturated carbocycles. The first-order valence-electron chi connectivity index (χ1n) is 6.61. The number of nitrogens with zero attached hydrogens (tertiary/aromatic N) is 1. The number of amides is 1. The lowest BCUT2D eigenvalue weighted by Crippen LogP contribution is -2.32. The zero-order chi connectivity index (χ0) is 13.6. The van der Waals surface area contributed by atoms with Gasteiger partial charge in [0.15, 0.2) is 0 Å². The molecule has 0 aliphatic carbocycles. The van der Waals surface area contributed by atoms with Gasteiger partial charge >= 0.3 is 0 Å². The molecule has 2 N–H and O–H groups in total. The van der Waals surface area contributed by atoms with Gasteiger partial charge in [-0.05, 0) is 36.5 Å². The number of carbonyl (C=O) groups excluding carboxylic acids is 1. The quantitative estimate of drug-likeness (QED) is 0.601. The minimum absolute atomic E-state index is 0.144. The van der Waals surface area contributed by atoms with E-state index in [-0.39, 0.29) is 17.4 Å². The number of benzene rings is 1. The van der Waals surface area contributed by atoms with Crippen LogP contribution in [-0.4, -0.2) is 29.1 Å². The molecule has 1 aromatic carbocycles. The van der Waals surface area contributed by atoms with E-state index in [9.17, 15) is 9.18 Å². The molecule has 5 heteroatoms. The maximum atomic E-state index is 14.3. The molecule has 102 valence electrons. The van der Waals surface area contributed by atoms with E-state index in [0.717, 1.165) is 37.1 Å². The first kappa shape index (κ1) is 12.6. The number of fused-ring (bicyclic) bond motifs is 3. The highest BCUT2D eigenvalue weighted by Gasteiger charge is 2.36. The summed E-state index contributed by atoms with van der Waals surface area (Å²) < 4.78 is 14.3. The van der Waals surface area contributed by atoms with E-state index in [1.165, 1.54) is 6.07 Å². The summed E-state index contributed by atoms with van der Waals surface area (Å²) in [6.07, 6.45) is 1.72. The maximum Gasteiger partial charge on any atom is 0.274 e. The summed E-state index contributed by atoms with van der Waals surface area (Å²) in [5.74, 6) is -0.417. The molecule has 2 atom stereocenters. The average molecular weight is 264 g/mol. The van der Waals surface area contributed by atoms with Gasteiger partial charge in [0.1, 0.15) is 5.82 Å². The van der Waals surface area contributed by atoms with Gasteiger partial charge in [-0.15, -0.1) is 0 Å². The SMILES string of the molecule is C[C@@H]1C[C@@H]2c3c(F)cc(C(=O)NO)cc3CCN2C1. The monoisotopic (exact) mass is 264 g/mol. The minimum atomic E-state index is -0.663. The second-order valence-corrected chi connectivity index (χ2v) is 5.57. The summed E-state index contributed by atoms with van der Waals surface area (Å²) in [7, 11) is 0. The predicted octanol–water partition coefficient (Wildman–Crippen LogP) is 1.88. The predicted molar refractivity (Wildman–Crippen MR) is 67.5 cm³/mol. The Morgan fingerprint density at radius 3 is 3.05 bits per heavy atom. The summed E-state index contributed by atoms with van der Waals surface area (Å²) in [6.45, 7) is 4.11. The molecule has 0 bridgehead atoms. The van der Waals surface area contributed by atoms with Crippen molar-refractivity contribution in [2.75, 3.05) is 13.1 Å². The lowest BCUT2D eigenvalue weighted by Gasteiger charge is -2.32. The van der Waals surface area contributed by atoms with Gasteiger partial charge < -0.3 is 0 Å². The van der Waals surface area contributed by atoms with Gasteiger partial charge in [0, 0.05) is 30.3 Å². The fourth-order valence-corrected chi connectivity index (χ4v) is 3.39. The zero-order valence-electron chi connectivity index (χ0n) is 10.8. The molecule has 0 unspecified atom stereocenters. The first-order valence-corrected chi connectivity index (χ1v) is 6.61. The van der Waals surface area contributed by atoms with Gasteiger partial charge in [-0.1, -0.05) is 6.92 Å². The van der Waals surface area contributed by atoms with E-state index < -0.39 is 5.91 Å². The normalized spacial score (nSPS) is 25.8. The third kappa shape index (κ3) is 2.03. The standard InChI is InChI=1S/C14H17FN2O2/c1-8-4-12-13-9(2-3-17(12)7-8)5-10(6-11(13)15)14(18)16-19/h5-6,8,12,19H,2-4,7H2,1H3,(H,16,18)/t8-,12-/m1/s1. The van der Waals surface area contributed by atoms with Crippen LogP contribution in [0.4, 0.5) is 4.39 Å². The number of hydrogen-bond acceptors (Lipinski definition) is 3. The summed E-state index contributed by atoms with van der Waals surface area (Å²) in [4.78, 5) is 13.7. The van der Waals surface area contributed by atoms with Crippen molar-refractivity contribution in [3.8, 4) is 0 Å². The largest absolute Gasteiger partial charge is 0.296 e. The van der Waals surface area contributed by atoms with Gasteiger partial charge in [-0.2, -0.15) is 0 Å². The van der Waals surface area contributed by atoms with Crippen molar-refractivity contribution in [2.24, 2.45) is 5.92 Å². The van der Waals surface area contributed by atoms with Crippen LogP contribution >= 0.6 is 0 Å². The highest BCUT2D eigenvalue weighted by Crippen LogP contribution is 2.41. The molecule has 0 spiro atoms. The van der Waals surface area contributed by atoms with Gasteiger partial charge in [-0.3, -0.25) is 14.9 Å². The van der Waals surface area contributed by atoms with E-state index in [1.807, 2.05) is 0 Å². The molecule has 19 heavy (non-hydrogen) atoms. The molecule has 1 fully saturated rings. The lowest BCUT2D eigenvalue weighted by atomic mass is 9.89. The highest BCUT2D eigenvalue weighted by atomic mass is 19.1. The topological polar surface area (TPSA) is 52.6 Å². The molecular weight excluding hydrogens is 247 g/mol. The van der Waals surface area contributed by atoms with Crippen LogP contribution in [0.2, 0.25) is 0 Å². The highest BCUT2D eigenvalue weighted by molar-refractivity contribution is 5.93. The van der Waals surface area contributed by atoms with Crippen molar-refractivity contribution in [1.29, 1.82) is 0 Å². The van der Waals surface area contributed by atoms with Gasteiger partial charge in [-0.25, -0.2) is 9.87 Å². The van der Waals surface area contributed by atoms with E-state index in [2.05, 4.69) is 11.8 Å². The van der Waals surface area contributed by atoms with Crippen molar-refractivity contribution in [2.45, 2.75) is 25.8 Å². The molecule has 0 radical (unpaired) electrons. The number of carbonyl (C=O) groups is 1. The fraction of sp³-hybridized carbons (Fsp3) is 0.500. The summed E-state index contributed by atoms with van der Waals surface area (Å²) in [5, 5.41) is 8.64. The molecular formula is C14H17FN2O2. The summed E-state index contributed by atoms with van der Waals surface area (Å²) in [5.41, 5.74) is 3.37. The summed E-state index contributed by atoms with van der Waals surface area (Å²) in [6, 6.07) is 3.06. The maximum absolute atomic E-state index is 14.3. The number of nitrogens with one attached hydrogen (secondary N) is 1. The van der Waals surface area contributed by atoms with E-state index in [1.54, 1.807) is 11.5 Å². The second-order valence-electron chi connectivity index (χ2n) is 5.57. The van der Waals surface area contributed by atoms with Crippen molar-refractivity contribution in [3.63, 3.8) is 0 Å². The molecule has 3 rings (SSSR count). The van der Waals surface area contributed by atoms with E-state index in [4.69, 9.17) is 5.21 Å². The molecule has 2 heterocycles. The van der Waals surface area contributed by atoms with Crippen LogP contribution in [0.5, 0.6) is 0 Å². The van der Waals surface area contributed by atoms with Crippen LogP contribution in [0.15, 0.2) is 12.1 Å². The molecule has 1 aromatic rings. The van der Waals surface area contributed by atoms with Crippen LogP contribution in [0.1, 0.15) is 40.9 Å². The Bertz CT molecular complexity index is 532. The average Bonchev–Trinajstić information content (AvgIpc) is 2.77. The van der Waals surface area contributed by atoms with Crippen LogP contribution in [0, 0.1) is 11.7 Å². The van der Waals surface area contributed by atoms with Crippen molar-refractivity contribution in [1.82, 2.24) is 10.4 Å². The molecule has 4 nitrogen and oxygen atoms in total. The van der Waals surface area contributed by atoms with Crippen molar-refractivity contribution in [3.05, 3.63) is 34.6 Å². The van der Waals surface area contributed by atoms with Crippen LogP contribution in [-0.2, 0) is 6.42 Å². The summed E-state index contributed by atoms with van der Waals surface area (Å²) >= 11 is 0.